The lowest BCUT2D eigenvalue weighted by molar-refractivity contribution is -0.384. The molecule has 0 aliphatic rings. The van der Waals surface area contributed by atoms with Gasteiger partial charge in [-0.3, -0.25) is 15.5 Å². The van der Waals surface area contributed by atoms with Crippen LogP contribution in [0.5, 0.6) is 0 Å². The standard InChI is InChI=1S/C6H5N3O2S2/c10-9(11)6-3-1-5(2-4-6)7-8-13-12/h1-4,7H. The van der Waals surface area contributed by atoms with Gasteiger partial charge >= 0.3 is 0 Å². The highest BCUT2D eigenvalue weighted by molar-refractivity contribution is 8.12. The summed E-state index contributed by atoms with van der Waals surface area (Å²) >= 11 is 4.50. The average molecular weight is 215 g/mol. The van der Waals surface area contributed by atoms with Crippen molar-refractivity contribution < 1.29 is 4.92 Å². The van der Waals surface area contributed by atoms with Crippen molar-refractivity contribution in [3.05, 3.63) is 34.4 Å². The minimum absolute atomic E-state index is 0.0524. The third-order valence-corrected chi connectivity index (χ3v) is 1.68. The second-order valence-corrected chi connectivity index (χ2v) is 2.86. The van der Waals surface area contributed by atoms with Gasteiger partial charge in [0.05, 0.1) is 20.7 Å². The molecule has 0 saturated carbocycles. The van der Waals surface area contributed by atoms with E-state index < -0.39 is 4.92 Å². The number of hydrogen-bond acceptors (Lipinski definition) is 4. The SMILES string of the molecule is O=[N+]([O-])c1ccc(NN=S=S)cc1. The number of nitrogens with zero attached hydrogens (tertiary/aromatic N) is 2. The quantitative estimate of drug-likeness (QED) is 0.615. The third kappa shape index (κ3) is 2.88. The number of benzene rings is 1. The molecule has 0 atom stereocenters. The van der Waals surface area contributed by atoms with Crippen molar-refractivity contribution in [2.75, 3.05) is 5.43 Å². The summed E-state index contributed by atoms with van der Waals surface area (Å²) in [7, 11) is 0.870. The molecule has 0 unspecified atom stereocenters. The first-order chi connectivity index (χ1) is 6.24. The van der Waals surface area contributed by atoms with Crippen molar-refractivity contribution in [3.8, 4) is 0 Å². The molecule has 0 heterocycles. The van der Waals surface area contributed by atoms with Gasteiger partial charge in [-0.1, -0.05) is 0 Å². The summed E-state index contributed by atoms with van der Waals surface area (Å²) in [5.41, 5.74) is 3.34. The summed E-state index contributed by atoms with van der Waals surface area (Å²) in [6, 6.07) is 5.91. The minimum atomic E-state index is -0.456. The Balaban J connectivity index is 2.80. The van der Waals surface area contributed by atoms with E-state index in [2.05, 4.69) is 21.1 Å². The van der Waals surface area contributed by atoms with E-state index in [1.807, 2.05) is 0 Å². The normalized spacial score (nSPS) is 8.92. The molecule has 0 fully saturated rings. The van der Waals surface area contributed by atoms with E-state index in [0.29, 0.717) is 5.69 Å². The Kier molecular flexibility index (Phi) is 3.47. The number of hydrogen-bond donors (Lipinski definition) is 1. The van der Waals surface area contributed by atoms with Gasteiger partial charge in [-0.2, -0.15) is 0 Å². The lowest BCUT2D eigenvalue weighted by Crippen LogP contribution is -1.89. The smallest absolute Gasteiger partial charge is 0.267 e. The van der Waals surface area contributed by atoms with E-state index in [9.17, 15) is 10.1 Å². The lowest BCUT2D eigenvalue weighted by atomic mass is 10.3. The summed E-state index contributed by atoms with van der Waals surface area (Å²) in [4.78, 5) is 9.81. The van der Waals surface area contributed by atoms with E-state index in [1.54, 1.807) is 12.1 Å². The van der Waals surface area contributed by atoms with Crippen molar-refractivity contribution in [3.63, 3.8) is 0 Å². The zero-order chi connectivity index (χ0) is 9.68. The summed E-state index contributed by atoms with van der Waals surface area (Å²) in [5, 5.41) is 10.3. The molecule has 0 spiro atoms. The molecule has 0 aliphatic heterocycles. The van der Waals surface area contributed by atoms with Crippen LogP contribution in [-0.4, -0.2) is 4.92 Å². The number of nitro groups is 1. The van der Waals surface area contributed by atoms with Gasteiger partial charge in [-0.15, -0.1) is 4.47 Å². The summed E-state index contributed by atoms with van der Waals surface area (Å²) in [6.45, 7) is 0. The van der Waals surface area contributed by atoms with Gasteiger partial charge in [0.15, 0.2) is 0 Å². The van der Waals surface area contributed by atoms with Crippen LogP contribution in [0.15, 0.2) is 28.7 Å². The van der Waals surface area contributed by atoms with Crippen molar-refractivity contribution >= 4 is 32.7 Å². The largest absolute Gasteiger partial charge is 0.269 e. The summed E-state index contributed by atoms with van der Waals surface area (Å²) in [5.74, 6) is 0. The molecule has 5 nitrogen and oxygen atoms in total. The van der Waals surface area contributed by atoms with Crippen molar-refractivity contribution in [1.29, 1.82) is 0 Å². The zero-order valence-electron chi connectivity index (χ0n) is 6.34. The predicted molar refractivity (Wildman–Crippen MR) is 53.9 cm³/mol. The molecule has 13 heavy (non-hydrogen) atoms. The highest BCUT2D eigenvalue weighted by atomic mass is 32.8. The Morgan fingerprint density at radius 1 is 1.46 bits per heavy atom. The Morgan fingerprint density at radius 2 is 2.08 bits per heavy atom. The Labute approximate surface area is 82.3 Å². The molecule has 0 radical (unpaired) electrons. The summed E-state index contributed by atoms with van der Waals surface area (Å²) in [6.07, 6.45) is 0. The molecule has 1 aromatic rings. The number of anilines is 1. The van der Waals surface area contributed by atoms with Crippen LogP contribution in [0.3, 0.4) is 0 Å². The number of nitrogens with one attached hydrogen (secondary N) is 1. The Bertz CT molecular complexity index is 359. The molecular weight excluding hydrogens is 210 g/mol. The second kappa shape index (κ2) is 4.63. The van der Waals surface area contributed by atoms with E-state index in [4.69, 9.17) is 0 Å². The summed E-state index contributed by atoms with van der Waals surface area (Å²) < 4.78 is 3.63. The molecule has 0 saturated heterocycles. The number of rotatable bonds is 3. The molecule has 7 heteroatoms. The van der Waals surface area contributed by atoms with Gasteiger partial charge in [-0.25, -0.2) is 0 Å². The number of non-ortho nitro benzene ring substituents is 1. The predicted octanol–water partition coefficient (Wildman–Crippen LogP) is 1.65. The highest BCUT2D eigenvalue weighted by Crippen LogP contribution is 2.14. The van der Waals surface area contributed by atoms with Crippen LogP contribution >= 0.6 is 0 Å². The third-order valence-electron chi connectivity index (χ3n) is 1.29. The van der Waals surface area contributed by atoms with E-state index in [1.165, 1.54) is 12.1 Å². The molecule has 0 bridgehead atoms. The van der Waals surface area contributed by atoms with Gasteiger partial charge in [0.1, 0.15) is 0 Å². The minimum Gasteiger partial charge on any atom is -0.267 e. The Morgan fingerprint density at radius 3 is 2.54 bits per heavy atom. The van der Waals surface area contributed by atoms with Crippen molar-refractivity contribution in [1.82, 2.24) is 0 Å². The van der Waals surface area contributed by atoms with E-state index in [-0.39, 0.29) is 5.69 Å². The fourth-order valence-electron chi connectivity index (χ4n) is 0.729. The van der Waals surface area contributed by atoms with Gasteiger partial charge in [0.2, 0.25) is 0 Å². The fourth-order valence-corrected chi connectivity index (χ4v) is 0.984. The first-order valence-electron chi connectivity index (χ1n) is 3.23. The van der Waals surface area contributed by atoms with Gasteiger partial charge < -0.3 is 0 Å². The second-order valence-electron chi connectivity index (χ2n) is 2.08. The maximum Gasteiger partial charge on any atom is 0.269 e. The van der Waals surface area contributed by atoms with Crippen LogP contribution in [0, 0.1) is 10.1 Å². The Hall–Kier alpha value is -1.34. The highest BCUT2D eigenvalue weighted by Gasteiger charge is 2.02. The van der Waals surface area contributed by atoms with Crippen molar-refractivity contribution in [2.45, 2.75) is 0 Å². The molecule has 0 aliphatic carbocycles. The first kappa shape index (κ1) is 9.75. The van der Waals surface area contributed by atoms with Crippen LogP contribution in [0.2, 0.25) is 0 Å². The first-order valence-corrected chi connectivity index (χ1v) is 4.93. The van der Waals surface area contributed by atoms with E-state index in [0.717, 1.165) is 10.1 Å². The molecule has 0 amide bonds. The number of nitro benzene ring substituents is 1. The van der Waals surface area contributed by atoms with Crippen LogP contribution < -0.4 is 5.43 Å². The molecule has 1 aromatic carbocycles. The molecule has 1 N–H and O–H groups in total. The van der Waals surface area contributed by atoms with Gasteiger partial charge in [0, 0.05) is 23.3 Å². The van der Waals surface area contributed by atoms with Crippen LogP contribution in [0.25, 0.3) is 0 Å². The maximum atomic E-state index is 10.3. The zero-order valence-corrected chi connectivity index (χ0v) is 7.97. The maximum absolute atomic E-state index is 10.3. The lowest BCUT2D eigenvalue weighted by Gasteiger charge is -1.96. The van der Waals surface area contributed by atoms with E-state index >= 15 is 0 Å². The van der Waals surface area contributed by atoms with Crippen molar-refractivity contribution in [2.24, 2.45) is 4.47 Å². The van der Waals surface area contributed by atoms with Crippen LogP contribution in [0.1, 0.15) is 0 Å². The van der Waals surface area contributed by atoms with Crippen LogP contribution in [0.4, 0.5) is 11.4 Å². The molecular formula is C6H5N3O2S2. The van der Waals surface area contributed by atoms with Crippen LogP contribution in [-0.2, 0) is 21.3 Å². The average Bonchev–Trinajstić information content (AvgIpc) is 2.15. The monoisotopic (exact) mass is 215 g/mol. The molecule has 68 valence electrons. The fraction of sp³-hybridized carbons (Fsp3) is 0. The topological polar surface area (TPSA) is 67.5 Å². The van der Waals surface area contributed by atoms with Gasteiger partial charge in [0.25, 0.3) is 5.69 Å². The van der Waals surface area contributed by atoms with Gasteiger partial charge in [-0.05, 0) is 12.1 Å². The molecule has 1 rings (SSSR count). The molecule has 0 aromatic heterocycles.